The molecule has 4 rings (SSSR count). The maximum Gasteiger partial charge on any atom is 0.257 e. The van der Waals surface area contributed by atoms with Crippen molar-refractivity contribution in [3.05, 3.63) is 58.3 Å². The summed E-state index contributed by atoms with van der Waals surface area (Å²) in [7, 11) is 0. The van der Waals surface area contributed by atoms with Crippen molar-refractivity contribution in [2.45, 2.75) is 52.2 Å². The van der Waals surface area contributed by atoms with Gasteiger partial charge in [0.25, 0.3) is 5.91 Å². The van der Waals surface area contributed by atoms with Crippen LogP contribution in [-0.4, -0.2) is 35.3 Å². The van der Waals surface area contributed by atoms with E-state index in [1.165, 1.54) is 6.20 Å². The molecule has 0 unspecified atom stereocenters. The zero-order valence-corrected chi connectivity index (χ0v) is 18.8. The first-order valence-electron chi connectivity index (χ1n) is 11.0. The van der Waals surface area contributed by atoms with Gasteiger partial charge in [0.05, 0.1) is 17.2 Å². The minimum atomic E-state index is -0.814. The van der Waals surface area contributed by atoms with E-state index in [0.717, 1.165) is 5.76 Å². The summed E-state index contributed by atoms with van der Waals surface area (Å²) in [5.41, 5.74) is 0.193. The fraction of sp³-hybridized carbons (Fsp3) is 0.375. The van der Waals surface area contributed by atoms with Crippen molar-refractivity contribution in [2.75, 3.05) is 6.79 Å². The topological polar surface area (TPSA) is 112 Å². The predicted molar refractivity (Wildman–Crippen MR) is 122 cm³/mol. The van der Waals surface area contributed by atoms with Gasteiger partial charge in [-0.2, -0.15) is 0 Å². The molecule has 9 heteroatoms. The minimum absolute atomic E-state index is 0.0336. The number of hydrogen-bond acceptors (Lipinski definition) is 6. The number of nitrogens with zero attached hydrogens (tertiary/aromatic N) is 1. The van der Waals surface area contributed by atoms with Gasteiger partial charge in [-0.05, 0) is 45.4 Å². The Morgan fingerprint density at radius 3 is 2.61 bits per heavy atom. The molecule has 1 aromatic carbocycles. The summed E-state index contributed by atoms with van der Waals surface area (Å²) in [6.07, 6.45) is 4.52. The first-order valence-corrected chi connectivity index (χ1v) is 11.0. The van der Waals surface area contributed by atoms with E-state index in [-0.39, 0.29) is 24.3 Å². The Bertz CT molecular complexity index is 1230. The quantitative estimate of drug-likeness (QED) is 0.542. The Hall–Kier alpha value is -3.75. The van der Waals surface area contributed by atoms with Gasteiger partial charge in [-0.25, -0.2) is 0 Å². The van der Waals surface area contributed by atoms with Gasteiger partial charge in [-0.15, -0.1) is 0 Å². The molecule has 2 atom stereocenters. The number of carbonyl (C=O) groups excluding carboxylic acids is 2. The lowest BCUT2D eigenvalue weighted by atomic mass is 10.1. The molecule has 3 aromatic rings. The lowest BCUT2D eigenvalue weighted by Crippen LogP contribution is -2.48. The zero-order valence-electron chi connectivity index (χ0n) is 18.8. The van der Waals surface area contributed by atoms with Crippen LogP contribution in [0.2, 0.25) is 0 Å². The third-order valence-corrected chi connectivity index (χ3v) is 5.69. The highest BCUT2D eigenvalue weighted by atomic mass is 16.7. The Kier molecular flexibility index (Phi) is 6.39. The third-order valence-electron chi connectivity index (χ3n) is 5.69. The maximum atomic E-state index is 13.1. The fourth-order valence-corrected chi connectivity index (χ4v) is 3.80. The number of aryl methyl sites for hydroxylation is 2. The first-order chi connectivity index (χ1) is 15.9. The van der Waals surface area contributed by atoms with Gasteiger partial charge >= 0.3 is 0 Å². The summed E-state index contributed by atoms with van der Waals surface area (Å²) in [4.78, 5) is 38.6. The third kappa shape index (κ3) is 4.72. The summed E-state index contributed by atoms with van der Waals surface area (Å²) < 4.78 is 17.9. The van der Waals surface area contributed by atoms with Crippen LogP contribution >= 0.6 is 0 Å². The zero-order chi connectivity index (χ0) is 23.5. The molecule has 0 saturated carbocycles. The molecule has 2 N–H and O–H groups in total. The van der Waals surface area contributed by atoms with Crippen LogP contribution in [0, 0.1) is 0 Å². The molecular formula is C24H27N3O6. The summed E-state index contributed by atoms with van der Waals surface area (Å²) in [6.45, 7) is 6.02. The summed E-state index contributed by atoms with van der Waals surface area (Å²) in [5, 5.41) is 5.88. The average molecular weight is 453 g/mol. The fourth-order valence-electron chi connectivity index (χ4n) is 3.80. The van der Waals surface area contributed by atoms with Gasteiger partial charge in [0, 0.05) is 31.3 Å². The van der Waals surface area contributed by atoms with E-state index in [0.29, 0.717) is 41.8 Å². The second-order valence-electron chi connectivity index (χ2n) is 8.10. The molecule has 0 aliphatic carbocycles. The summed E-state index contributed by atoms with van der Waals surface area (Å²) >= 11 is 0. The normalized spacial score (nSPS) is 14.2. The second-order valence-corrected chi connectivity index (χ2v) is 8.10. The Labute approximate surface area is 190 Å². The van der Waals surface area contributed by atoms with Gasteiger partial charge < -0.3 is 29.1 Å². The molecule has 2 amide bonds. The van der Waals surface area contributed by atoms with Crippen LogP contribution in [0.25, 0.3) is 10.9 Å². The number of aromatic nitrogens is 1. The lowest BCUT2D eigenvalue weighted by Gasteiger charge is -2.19. The number of rotatable bonds is 8. The molecular weight excluding hydrogens is 426 g/mol. The first kappa shape index (κ1) is 22.4. The monoisotopic (exact) mass is 453 g/mol. The van der Waals surface area contributed by atoms with E-state index in [9.17, 15) is 14.4 Å². The largest absolute Gasteiger partial charge is 0.469 e. The SMILES string of the molecule is CCn1cc(C(=O)N[C@@H](C)C(=O)N[C@H](C)CCc2ccco2)c(=O)c2cc3c(cc21)OCO3. The van der Waals surface area contributed by atoms with Gasteiger partial charge in [0.1, 0.15) is 17.4 Å². The lowest BCUT2D eigenvalue weighted by molar-refractivity contribution is -0.123. The predicted octanol–water partition coefficient (Wildman–Crippen LogP) is 2.60. The molecule has 0 saturated heterocycles. The molecule has 1 aliphatic rings. The summed E-state index contributed by atoms with van der Waals surface area (Å²) in [6, 6.07) is 6.13. The molecule has 9 nitrogen and oxygen atoms in total. The number of amides is 2. The Balaban J connectivity index is 1.46. The number of ether oxygens (including phenoxy) is 2. The average Bonchev–Trinajstić information content (AvgIpc) is 3.48. The van der Waals surface area contributed by atoms with E-state index in [1.807, 2.05) is 26.0 Å². The standard InChI is InChI=1S/C24H27N3O6/c1-4-27-12-18(22(28)17-10-20-21(11-19(17)27)33-13-32-20)24(30)26-15(3)23(29)25-14(2)7-8-16-6-5-9-31-16/h5-6,9-12,14-15H,4,7-8,13H2,1-3H3,(H,25,29)(H,26,30)/t14-,15+/m1/s1. The molecule has 2 aromatic heterocycles. The van der Waals surface area contributed by atoms with E-state index >= 15 is 0 Å². The van der Waals surface area contributed by atoms with E-state index < -0.39 is 17.4 Å². The molecule has 0 spiro atoms. The van der Waals surface area contributed by atoms with Crippen LogP contribution in [-0.2, 0) is 17.8 Å². The molecule has 0 fully saturated rings. The van der Waals surface area contributed by atoms with Crippen molar-refractivity contribution in [2.24, 2.45) is 0 Å². The number of hydrogen-bond donors (Lipinski definition) is 2. The highest BCUT2D eigenvalue weighted by Gasteiger charge is 2.23. The molecule has 0 bridgehead atoms. The van der Waals surface area contributed by atoms with Crippen LogP contribution in [0.5, 0.6) is 11.5 Å². The molecule has 0 radical (unpaired) electrons. The molecule has 33 heavy (non-hydrogen) atoms. The highest BCUT2D eigenvalue weighted by molar-refractivity contribution is 6.00. The van der Waals surface area contributed by atoms with Crippen LogP contribution in [0.1, 0.15) is 43.3 Å². The number of pyridine rings is 1. The van der Waals surface area contributed by atoms with Gasteiger partial charge in [-0.1, -0.05) is 0 Å². The van der Waals surface area contributed by atoms with Gasteiger partial charge in [0.15, 0.2) is 11.5 Å². The van der Waals surface area contributed by atoms with Crippen LogP contribution in [0.15, 0.2) is 45.9 Å². The second kappa shape index (κ2) is 9.40. The maximum absolute atomic E-state index is 13.1. The number of fused-ring (bicyclic) bond motifs is 2. The van der Waals surface area contributed by atoms with Gasteiger partial charge in [-0.3, -0.25) is 14.4 Å². The molecule has 3 heterocycles. The van der Waals surface area contributed by atoms with Crippen molar-refractivity contribution in [1.82, 2.24) is 15.2 Å². The van der Waals surface area contributed by atoms with E-state index in [2.05, 4.69) is 10.6 Å². The van der Waals surface area contributed by atoms with Crippen molar-refractivity contribution in [3.63, 3.8) is 0 Å². The number of furan rings is 1. The Morgan fingerprint density at radius 1 is 1.15 bits per heavy atom. The van der Waals surface area contributed by atoms with Crippen molar-refractivity contribution in [1.29, 1.82) is 0 Å². The van der Waals surface area contributed by atoms with Crippen LogP contribution in [0.4, 0.5) is 0 Å². The highest BCUT2D eigenvalue weighted by Crippen LogP contribution is 2.35. The number of nitrogens with one attached hydrogen (secondary N) is 2. The van der Waals surface area contributed by atoms with Crippen molar-refractivity contribution >= 4 is 22.7 Å². The number of carbonyl (C=O) groups is 2. The number of benzene rings is 1. The van der Waals surface area contributed by atoms with Crippen LogP contribution < -0.4 is 25.5 Å². The van der Waals surface area contributed by atoms with Crippen molar-refractivity contribution in [3.8, 4) is 11.5 Å². The van der Waals surface area contributed by atoms with E-state index in [1.54, 1.807) is 29.9 Å². The van der Waals surface area contributed by atoms with E-state index in [4.69, 9.17) is 13.9 Å². The van der Waals surface area contributed by atoms with Crippen molar-refractivity contribution < 1.29 is 23.5 Å². The van der Waals surface area contributed by atoms with Gasteiger partial charge in [0.2, 0.25) is 18.1 Å². The molecule has 174 valence electrons. The molecule has 1 aliphatic heterocycles. The van der Waals surface area contributed by atoms with Crippen LogP contribution in [0.3, 0.4) is 0 Å². The summed E-state index contributed by atoms with van der Waals surface area (Å²) in [5.74, 6) is 0.954. The smallest absolute Gasteiger partial charge is 0.257 e. The Morgan fingerprint density at radius 2 is 1.91 bits per heavy atom. The minimum Gasteiger partial charge on any atom is -0.469 e.